The standard InChI is InChI=1S/C13H19NO2S/c1-3-4-9-16-13(15)10(2)17-12-8-6-5-7-11(12)14/h5-8,10H,3-4,9,14H2,1-2H3. The van der Waals surface area contributed by atoms with Crippen molar-refractivity contribution in [2.45, 2.75) is 36.8 Å². The van der Waals surface area contributed by atoms with Crippen LogP contribution in [0.25, 0.3) is 0 Å². The van der Waals surface area contributed by atoms with Crippen molar-refractivity contribution in [1.82, 2.24) is 0 Å². The molecule has 4 heteroatoms. The van der Waals surface area contributed by atoms with Crippen LogP contribution in [-0.4, -0.2) is 17.8 Å². The second-order valence-corrected chi connectivity index (χ2v) is 5.20. The van der Waals surface area contributed by atoms with Crippen molar-refractivity contribution in [3.8, 4) is 0 Å². The molecular formula is C13H19NO2S. The lowest BCUT2D eigenvalue weighted by Crippen LogP contribution is -2.17. The van der Waals surface area contributed by atoms with Crippen LogP contribution in [0.1, 0.15) is 26.7 Å². The molecule has 0 saturated heterocycles. The van der Waals surface area contributed by atoms with Gasteiger partial charge in [0, 0.05) is 10.6 Å². The highest BCUT2D eigenvalue weighted by molar-refractivity contribution is 8.00. The number of carbonyl (C=O) groups excluding carboxylic acids is 1. The van der Waals surface area contributed by atoms with Crippen LogP contribution < -0.4 is 5.73 Å². The number of unbranched alkanes of at least 4 members (excludes halogenated alkanes) is 1. The summed E-state index contributed by atoms with van der Waals surface area (Å²) in [7, 11) is 0. The molecule has 17 heavy (non-hydrogen) atoms. The third-order valence-electron chi connectivity index (χ3n) is 2.30. The minimum Gasteiger partial charge on any atom is -0.465 e. The van der Waals surface area contributed by atoms with Crippen LogP contribution in [0.3, 0.4) is 0 Å². The van der Waals surface area contributed by atoms with E-state index in [9.17, 15) is 4.79 Å². The SMILES string of the molecule is CCCCOC(=O)C(C)Sc1ccccc1N. The number of thioether (sulfide) groups is 1. The Morgan fingerprint density at radius 1 is 1.47 bits per heavy atom. The summed E-state index contributed by atoms with van der Waals surface area (Å²) >= 11 is 1.44. The molecule has 0 aliphatic carbocycles. The molecule has 3 nitrogen and oxygen atoms in total. The van der Waals surface area contributed by atoms with Crippen molar-refractivity contribution in [1.29, 1.82) is 0 Å². The summed E-state index contributed by atoms with van der Waals surface area (Å²) in [5, 5.41) is -0.225. The number of nitrogens with two attached hydrogens (primary N) is 1. The first-order chi connectivity index (χ1) is 8.15. The van der Waals surface area contributed by atoms with Gasteiger partial charge < -0.3 is 10.5 Å². The Hall–Kier alpha value is -1.16. The van der Waals surface area contributed by atoms with Crippen LogP contribution >= 0.6 is 11.8 Å². The van der Waals surface area contributed by atoms with Gasteiger partial charge in [0.1, 0.15) is 5.25 Å². The number of para-hydroxylation sites is 1. The van der Waals surface area contributed by atoms with Crippen molar-refractivity contribution in [3.63, 3.8) is 0 Å². The predicted octanol–water partition coefficient (Wildman–Crippen LogP) is 3.09. The molecule has 0 saturated carbocycles. The van der Waals surface area contributed by atoms with Gasteiger partial charge in [0.2, 0.25) is 0 Å². The first kappa shape index (κ1) is 13.9. The van der Waals surface area contributed by atoms with Gasteiger partial charge in [-0.1, -0.05) is 25.5 Å². The normalized spacial score (nSPS) is 12.1. The smallest absolute Gasteiger partial charge is 0.319 e. The Balaban J connectivity index is 2.46. The summed E-state index contributed by atoms with van der Waals surface area (Å²) in [6.45, 7) is 4.41. The Bertz CT molecular complexity index is 368. The number of rotatable bonds is 6. The second-order valence-electron chi connectivity index (χ2n) is 3.82. The lowest BCUT2D eigenvalue weighted by atomic mass is 10.3. The van der Waals surface area contributed by atoms with Crippen molar-refractivity contribution in [2.24, 2.45) is 0 Å². The summed E-state index contributed by atoms with van der Waals surface area (Å²) in [5.41, 5.74) is 6.52. The largest absolute Gasteiger partial charge is 0.465 e. The maximum atomic E-state index is 11.6. The van der Waals surface area contributed by atoms with E-state index in [2.05, 4.69) is 6.92 Å². The Labute approximate surface area is 107 Å². The average Bonchev–Trinajstić information content (AvgIpc) is 2.32. The van der Waals surface area contributed by atoms with Gasteiger partial charge in [-0.05, 0) is 25.5 Å². The molecule has 1 aromatic rings. The first-order valence-electron chi connectivity index (χ1n) is 5.83. The lowest BCUT2D eigenvalue weighted by molar-refractivity contribution is -0.142. The first-order valence-corrected chi connectivity index (χ1v) is 6.71. The quantitative estimate of drug-likeness (QED) is 0.366. The van der Waals surface area contributed by atoms with Crippen LogP contribution in [0, 0.1) is 0 Å². The number of esters is 1. The highest BCUT2D eigenvalue weighted by atomic mass is 32.2. The van der Waals surface area contributed by atoms with Crippen molar-refractivity contribution < 1.29 is 9.53 Å². The van der Waals surface area contributed by atoms with E-state index in [1.54, 1.807) is 0 Å². The minimum absolute atomic E-state index is 0.174. The monoisotopic (exact) mass is 253 g/mol. The van der Waals surface area contributed by atoms with Crippen LogP contribution in [0.5, 0.6) is 0 Å². The Morgan fingerprint density at radius 3 is 2.82 bits per heavy atom. The number of nitrogen functional groups attached to an aromatic ring is 1. The van der Waals surface area contributed by atoms with E-state index in [0.29, 0.717) is 12.3 Å². The van der Waals surface area contributed by atoms with Gasteiger partial charge in [-0.25, -0.2) is 0 Å². The van der Waals surface area contributed by atoms with E-state index in [-0.39, 0.29) is 11.2 Å². The molecule has 0 amide bonds. The van der Waals surface area contributed by atoms with Crippen molar-refractivity contribution in [2.75, 3.05) is 12.3 Å². The van der Waals surface area contributed by atoms with Gasteiger partial charge in [0.05, 0.1) is 6.61 Å². The van der Waals surface area contributed by atoms with Gasteiger partial charge in [-0.3, -0.25) is 4.79 Å². The fraction of sp³-hybridized carbons (Fsp3) is 0.462. The van der Waals surface area contributed by atoms with E-state index in [1.165, 1.54) is 11.8 Å². The van der Waals surface area contributed by atoms with Crippen molar-refractivity contribution >= 4 is 23.4 Å². The van der Waals surface area contributed by atoms with Crippen molar-refractivity contribution in [3.05, 3.63) is 24.3 Å². The molecule has 0 fully saturated rings. The minimum atomic E-state index is -0.225. The van der Waals surface area contributed by atoms with Gasteiger partial charge in [-0.15, -0.1) is 11.8 Å². The van der Waals surface area contributed by atoms with E-state index in [0.717, 1.165) is 17.7 Å². The van der Waals surface area contributed by atoms with E-state index >= 15 is 0 Å². The molecule has 2 N–H and O–H groups in total. The molecule has 0 heterocycles. The van der Waals surface area contributed by atoms with Crippen LogP contribution in [0.15, 0.2) is 29.2 Å². The summed E-state index contributed by atoms with van der Waals surface area (Å²) in [5.74, 6) is -0.174. The number of hydrogen-bond acceptors (Lipinski definition) is 4. The number of anilines is 1. The maximum absolute atomic E-state index is 11.6. The van der Waals surface area contributed by atoms with E-state index in [1.807, 2.05) is 31.2 Å². The predicted molar refractivity (Wildman–Crippen MR) is 72.0 cm³/mol. The van der Waals surface area contributed by atoms with Crippen LogP contribution in [0.4, 0.5) is 5.69 Å². The number of benzene rings is 1. The van der Waals surface area contributed by atoms with E-state index < -0.39 is 0 Å². The topological polar surface area (TPSA) is 52.3 Å². The lowest BCUT2D eigenvalue weighted by Gasteiger charge is -2.12. The second kappa shape index (κ2) is 7.22. The Kier molecular flexibility index (Phi) is 5.91. The maximum Gasteiger partial charge on any atom is 0.319 e. The summed E-state index contributed by atoms with van der Waals surface area (Å²) in [6.07, 6.45) is 1.94. The molecule has 0 aromatic heterocycles. The number of ether oxygens (including phenoxy) is 1. The summed E-state index contributed by atoms with van der Waals surface area (Å²) in [4.78, 5) is 12.6. The molecule has 0 aliphatic heterocycles. The molecule has 0 bridgehead atoms. The summed E-state index contributed by atoms with van der Waals surface area (Å²) < 4.78 is 5.16. The number of hydrogen-bond donors (Lipinski definition) is 1. The zero-order valence-corrected chi connectivity index (χ0v) is 11.1. The van der Waals surface area contributed by atoms with Gasteiger partial charge in [0.15, 0.2) is 0 Å². The van der Waals surface area contributed by atoms with E-state index in [4.69, 9.17) is 10.5 Å². The molecular weight excluding hydrogens is 234 g/mol. The third-order valence-corrected chi connectivity index (χ3v) is 3.47. The molecule has 94 valence electrons. The molecule has 1 rings (SSSR count). The van der Waals surface area contributed by atoms with Gasteiger partial charge >= 0.3 is 5.97 Å². The number of carbonyl (C=O) groups is 1. The summed E-state index contributed by atoms with van der Waals surface area (Å²) in [6, 6.07) is 7.53. The molecule has 1 unspecified atom stereocenters. The molecule has 1 atom stereocenters. The fourth-order valence-electron chi connectivity index (χ4n) is 1.26. The molecule has 0 aliphatic rings. The van der Waals surface area contributed by atoms with Gasteiger partial charge in [0.25, 0.3) is 0 Å². The van der Waals surface area contributed by atoms with Crippen LogP contribution in [-0.2, 0) is 9.53 Å². The zero-order valence-electron chi connectivity index (χ0n) is 10.3. The molecule has 1 aromatic carbocycles. The van der Waals surface area contributed by atoms with Gasteiger partial charge in [-0.2, -0.15) is 0 Å². The third kappa shape index (κ3) is 4.69. The Morgan fingerprint density at radius 2 is 2.18 bits per heavy atom. The van der Waals surface area contributed by atoms with Crippen LogP contribution in [0.2, 0.25) is 0 Å². The average molecular weight is 253 g/mol. The highest BCUT2D eigenvalue weighted by Crippen LogP contribution is 2.28. The molecule has 0 spiro atoms. The highest BCUT2D eigenvalue weighted by Gasteiger charge is 2.16. The fourth-order valence-corrected chi connectivity index (χ4v) is 2.17. The zero-order chi connectivity index (χ0) is 12.7. The molecule has 0 radical (unpaired) electrons.